The van der Waals surface area contributed by atoms with E-state index in [2.05, 4.69) is 23.6 Å². The summed E-state index contributed by atoms with van der Waals surface area (Å²) in [7, 11) is 0. The fourth-order valence-corrected chi connectivity index (χ4v) is 2.63. The first kappa shape index (κ1) is 17.2. The van der Waals surface area contributed by atoms with Gasteiger partial charge in [0.2, 0.25) is 0 Å². The van der Waals surface area contributed by atoms with Crippen LogP contribution in [0.5, 0.6) is 0 Å². The zero-order valence-electron chi connectivity index (χ0n) is 13.5. The Morgan fingerprint density at radius 3 is 2.32 bits per heavy atom. The second kappa shape index (κ2) is 8.46. The lowest BCUT2D eigenvalue weighted by atomic mass is 10.2. The van der Waals surface area contributed by atoms with Gasteiger partial charge < -0.3 is 14.7 Å². The van der Waals surface area contributed by atoms with E-state index in [9.17, 15) is 9.50 Å². The molecule has 0 radical (unpaired) electrons. The van der Waals surface area contributed by atoms with Crippen molar-refractivity contribution in [3.05, 3.63) is 30.1 Å². The molecule has 22 heavy (non-hydrogen) atoms. The van der Waals surface area contributed by atoms with Gasteiger partial charge in [-0.2, -0.15) is 0 Å². The number of aliphatic hydroxyl groups excluding tert-OH is 1. The smallest absolute Gasteiger partial charge is 0.123 e. The van der Waals surface area contributed by atoms with Crippen molar-refractivity contribution < 1.29 is 14.2 Å². The van der Waals surface area contributed by atoms with Crippen molar-refractivity contribution in [2.75, 3.05) is 50.8 Å². The molecule has 0 amide bonds. The van der Waals surface area contributed by atoms with Gasteiger partial charge in [0, 0.05) is 45.0 Å². The SMILES string of the molecule is CC(C)COCC(O)CN1CCN(c2ccc(F)cc2)CC1. The minimum absolute atomic E-state index is 0.202. The molecular weight excluding hydrogens is 283 g/mol. The molecule has 124 valence electrons. The average Bonchev–Trinajstić information content (AvgIpc) is 2.48. The van der Waals surface area contributed by atoms with E-state index in [0.29, 0.717) is 25.7 Å². The summed E-state index contributed by atoms with van der Waals surface area (Å²) < 4.78 is 18.4. The van der Waals surface area contributed by atoms with Crippen LogP contribution in [0.25, 0.3) is 0 Å². The number of anilines is 1. The quantitative estimate of drug-likeness (QED) is 0.835. The first-order valence-corrected chi connectivity index (χ1v) is 8.03. The molecule has 0 aliphatic carbocycles. The van der Waals surface area contributed by atoms with E-state index in [-0.39, 0.29) is 5.82 Å². The fraction of sp³-hybridized carbons (Fsp3) is 0.647. The third-order valence-corrected chi connectivity index (χ3v) is 3.79. The standard InChI is InChI=1S/C17H27FN2O2/c1-14(2)12-22-13-17(21)11-19-7-9-20(10-8-19)16-5-3-15(18)4-6-16/h3-6,14,17,21H,7-13H2,1-2H3. The topological polar surface area (TPSA) is 35.9 Å². The van der Waals surface area contributed by atoms with Crippen LogP contribution in [0.1, 0.15) is 13.8 Å². The highest BCUT2D eigenvalue weighted by molar-refractivity contribution is 5.46. The highest BCUT2D eigenvalue weighted by atomic mass is 19.1. The van der Waals surface area contributed by atoms with Gasteiger partial charge in [0.1, 0.15) is 5.82 Å². The van der Waals surface area contributed by atoms with E-state index >= 15 is 0 Å². The van der Waals surface area contributed by atoms with Crippen LogP contribution in [0.2, 0.25) is 0 Å². The van der Waals surface area contributed by atoms with Crippen molar-refractivity contribution in [2.24, 2.45) is 5.92 Å². The minimum Gasteiger partial charge on any atom is -0.389 e. The number of aliphatic hydroxyl groups is 1. The van der Waals surface area contributed by atoms with Gasteiger partial charge in [-0.1, -0.05) is 13.8 Å². The molecule has 5 heteroatoms. The van der Waals surface area contributed by atoms with E-state index < -0.39 is 6.10 Å². The van der Waals surface area contributed by atoms with E-state index in [0.717, 1.165) is 31.9 Å². The molecule has 0 bridgehead atoms. The van der Waals surface area contributed by atoms with Crippen molar-refractivity contribution in [3.8, 4) is 0 Å². The molecule has 1 fully saturated rings. The lowest BCUT2D eigenvalue weighted by Crippen LogP contribution is -2.49. The molecule has 1 unspecified atom stereocenters. The highest BCUT2D eigenvalue weighted by Crippen LogP contribution is 2.17. The van der Waals surface area contributed by atoms with Gasteiger partial charge >= 0.3 is 0 Å². The molecular formula is C17H27FN2O2. The summed E-state index contributed by atoms with van der Waals surface area (Å²) in [5.41, 5.74) is 1.06. The molecule has 1 aliphatic heterocycles. The molecule has 0 saturated carbocycles. The number of piperazine rings is 1. The number of halogens is 1. The summed E-state index contributed by atoms with van der Waals surface area (Å²) in [4.78, 5) is 4.50. The summed E-state index contributed by atoms with van der Waals surface area (Å²) in [6, 6.07) is 6.63. The second-order valence-corrected chi connectivity index (χ2v) is 6.35. The van der Waals surface area contributed by atoms with Crippen molar-refractivity contribution in [1.82, 2.24) is 4.90 Å². The van der Waals surface area contributed by atoms with E-state index in [1.807, 2.05) is 12.1 Å². The van der Waals surface area contributed by atoms with Gasteiger partial charge in [-0.25, -0.2) is 4.39 Å². The Balaban J connectivity index is 1.69. The van der Waals surface area contributed by atoms with Crippen molar-refractivity contribution >= 4 is 5.69 Å². The predicted octanol–water partition coefficient (Wildman–Crippen LogP) is 1.98. The third kappa shape index (κ3) is 5.55. The van der Waals surface area contributed by atoms with Crippen LogP contribution >= 0.6 is 0 Å². The number of ether oxygens (including phenoxy) is 1. The molecule has 4 nitrogen and oxygen atoms in total. The lowest BCUT2D eigenvalue weighted by Gasteiger charge is -2.36. The number of nitrogens with zero attached hydrogens (tertiary/aromatic N) is 2. The average molecular weight is 310 g/mol. The number of benzene rings is 1. The number of rotatable bonds is 7. The van der Waals surface area contributed by atoms with Crippen LogP contribution in [-0.2, 0) is 4.74 Å². The minimum atomic E-state index is -0.434. The zero-order chi connectivity index (χ0) is 15.9. The van der Waals surface area contributed by atoms with Crippen LogP contribution in [0.15, 0.2) is 24.3 Å². The molecule has 1 N–H and O–H groups in total. The Hall–Kier alpha value is -1.17. The Morgan fingerprint density at radius 2 is 1.73 bits per heavy atom. The van der Waals surface area contributed by atoms with Gasteiger partial charge in [-0.05, 0) is 30.2 Å². The Bertz CT molecular complexity index is 431. The summed E-state index contributed by atoms with van der Waals surface area (Å²) in [6.07, 6.45) is -0.434. The predicted molar refractivity (Wildman–Crippen MR) is 86.7 cm³/mol. The maximum absolute atomic E-state index is 12.9. The lowest BCUT2D eigenvalue weighted by molar-refractivity contribution is 0.00747. The molecule has 1 aromatic rings. The van der Waals surface area contributed by atoms with Crippen LogP contribution in [0, 0.1) is 11.7 Å². The fourth-order valence-electron chi connectivity index (χ4n) is 2.63. The van der Waals surface area contributed by atoms with E-state index in [1.54, 1.807) is 0 Å². The monoisotopic (exact) mass is 310 g/mol. The van der Waals surface area contributed by atoms with Crippen LogP contribution in [0.4, 0.5) is 10.1 Å². The number of hydrogen-bond acceptors (Lipinski definition) is 4. The van der Waals surface area contributed by atoms with Crippen molar-refractivity contribution in [1.29, 1.82) is 0 Å². The highest BCUT2D eigenvalue weighted by Gasteiger charge is 2.19. The largest absolute Gasteiger partial charge is 0.389 e. The zero-order valence-corrected chi connectivity index (χ0v) is 13.5. The first-order valence-electron chi connectivity index (χ1n) is 8.03. The summed E-state index contributed by atoms with van der Waals surface area (Å²) in [5.74, 6) is 0.290. The molecule has 1 aliphatic rings. The van der Waals surface area contributed by atoms with Crippen molar-refractivity contribution in [3.63, 3.8) is 0 Å². The number of hydrogen-bond donors (Lipinski definition) is 1. The first-order chi connectivity index (χ1) is 10.5. The van der Waals surface area contributed by atoms with E-state index in [1.165, 1.54) is 12.1 Å². The maximum Gasteiger partial charge on any atom is 0.123 e. The molecule has 1 heterocycles. The van der Waals surface area contributed by atoms with Crippen molar-refractivity contribution in [2.45, 2.75) is 20.0 Å². The Morgan fingerprint density at radius 1 is 1.09 bits per heavy atom. The van der Waals surface area contributed by atoms with Crippen LogP contribution in [-0.4, -0.2) is 62.0 Å². The molecule has 1 saturated heterocycles. The van der Waals surface area contributed by atoms with Gasteiger partial charge in [0.15, 0.2) is 0 Å². The maximum atomic E-state index is 12.9. The summed E-state index contributed by atoms with van der Waals surface area (Å²) >= 11 is 0. The van der Waals surface area contributed by atoms with Gasteiger partial charge in [-0.3, -0.25) is 4.90 Å². The Labute approximate surface area is 132 Å². The summed E-state index contributed by atoms with van der Waals surface area (Å²) in [5, 5.41) is 10.0. The molecule has 0 spiro atoms. The molecule has 0 aromatic heterocycles. The van der Waals surface area contributed by atoms with E-state index in [4.69, 9.17) is 4.74 Å². The summed E-state index contributed by atoms with van der Waals surface area (Å²) in [6.45, 7) is 9.52. The normalized spacial score (nSPS) is 18.0. The Kier molecular flexibility index (Phi) is 6.61. The van der Waals surface area contributed by atoms with Gasteiger partial charge in [-0.15, -0.1) is 0 Å². The molecule has 1 aromatic carbocycles. The third-order valence-electron chi connectivity index (χ3n) is 3.79. The second-order valence-electron chi connectivity index (χ2n) is 6.35. The van der Waals surface area contributed by atoms with Crippen LogP contribution < -0.4 is 4.90 Å². The van der Waals surface area contributed by atoms with Crippen LogP contribution in [0.3, 0.4) is 0 Å². The molecule has 1 atom stereocenters. The molecule has 2 rings (SSSR count). The number of β-amino-alcohol motifs (C(OH)–C–C–N with tert-alkyl or cyclic N) is 1. The van der Waals surface area contributed by atoms with Gasteiger partial charge in [0.05, 0.1) is 12.7 Å². The van der Waals surface area contributed by atoms with Gasteiger partial charge in [0.25, 0.3) is 0 Å².